The lowest BCUT2D eigenvalue weighted by Gasteiger charge is -2.17. The van der Waals surface area contributed by atoms with Crippen molar-refractivity contribution in [2.45, 2.75) is 32.3 Å². The minimum absolute atomic E-state index is 0.0380. The number of halogens is 5. The van der Waals surface area contributed by atoms with E-state index in [1.54, 1.807) is 0 Å². The van der Waals surface area contributed by atoms with Gasteiger partial charge < -0.3 is 4.74 Å². The smallest absolute Gasteiger partial charge is 0.425 e. The number of ether oxygens (including phenoxy) is 1. The summed E-state index contributed by atoms with van der Waals surface area (Å²) in [5, 5.41) is 7.45. The van der Waals surface area contributed by atoms with Gasteiger partial charge in [0.05, 0.1) is 11.9 Å². The maximum Gasteiger partial charge on any atom is 0.425 e. The molecule has 6 nitrogen and oxygen atoms in total. The second kappa shape index (κ2) is 6.46. The molecule has 0 aliphatic heterocycles. The molecule has 3 aromatic heterocycles. The minimum atomic E-state index is -4.65. The van der Waals surface area contributed by atoms with Crippen LogP contribution in [0, 0.1) is 5.82 Å². The van der Waals surface area contributed by atoms with Gasteiger partial charge in [0.2, 0.25) is 0 Å². The van der Waals surface area contributed by atoms with Crippen molar-refractivity contribution in [3.05, 3.63) is 36.3 Å². The molecule has 3 aromatic rings. The van der Waals surface area contributed by atoms with E-state index in [0.29, 0.717) is 5.65 Å². The van der Waals surface area contributed by atoms with Gasteiger partial charge in [-0.15, -0.1) is 10.2 Å². The van der Waals surface area contributed by atoms with E-state index in [-0.39, 0.29) is 17.1 Å². The maximum absolute atomic E-state index is 14.1. The van der Waals surface area contributed by atoms with Crippen molar-refractivity contribution in [2.24, 2.45) is 0 Å². The van der Waals surface area contributed by atoms with Crippen LogP contribution >= 0.6 is 0 Å². The van der Waals surface area contributed by atoms with Gasteiger partial charge in [-0.25, -0.2) is 13.8 Å². The highest BCUT2D eigenvalue weighted by Crippen LogP contribution is 2.27. The first-order valence-corrected chi connectivity index (χ1v) is 7.41. The molecule has 0 N–H and O–H groups in total. The Morgan fingerprint density at radius 2 is 1.85 bits per heavy atom. The number of hydrogen-bond acceptors (Lipinski definition) is 5. The Labute approximate surface area is 143 Å². The molecule has 2 atom stereocenters. The van der Waals surface area contributed by atoms with Crippen LogP contribution in [-0.4, -0.2) is 36.8 Å². The first-order chi connectivity index (χ1) is 12.2. The molecule has 1 unspecified atom stereocenters. The van der Waals surface area contributed by atoms with E-state index >= 15 is 0 Å². The van der Waals surface area contributed by atoms with Gasteiger partial charge in [-0.1, -0.05) is 0 Å². The van der Waals surface area contributed by atoms with Crippen LogP contribution in [0.25, 0.3) is 16.9 Å². The molecular weight excluding hydrogens is 361 g/mol. The lowest BCUT2D eigenvalue weighted by molar-refractivity contribution is -0.190. The highest BCUT2D eigenvalue weighted by molar-refractivity contribution is 5.59. The summed E-state index contributed by atoms with van der Waals surface area (Å²) in [5.41, 5.74) is 0.671. The number of pyridine rings is 1. The van der Waals surface area contributed by atoms with Crippen LogP contribution in [0.5, 0.6) is 5.88 Å². The summed E-state index contributed by atoms with van der Waals surface area (Å²) in [5.74, 6) is -1.82. The normalized spacial score (nSPS) is 14.4. The Kier molecular flexibility index (Phi) is 4.46. The van der Waals surface area contributed by atoms with E-state index in [9.17, 15) is 22.0 Å². The molecule has 0 aliphatic rings. The number of fused-ring (bicyclic) bond motifs is 1. The largest absolute Gasteiger partial charge is 0.463 e. The Morgan fingerprint density at radius 3 is 2.46 bits per heavy atom. The third-order valence-electron chi connectivity index (χ3n) is 3.53. The molecule has 0 bridgehead atoms. The lowest BCUT2D eigenvalue weighted by atomic mass is 10.2. The standard InChI is InChI=1S/C15H12F5N5O/c1-7(16)13-24-23-12-5-21-11(6-25(12)13)9-3-10(17)14(22-4-9)26-8(2)15(18,19)20/h3-8H,1-2H3/t7?,8-/m1/s1. The average molecular weight is 373 g/mol. The number of aromatic nitrogens is 5. The molecular formula is C15H12F5N5O. The Balaban J connectivity index is 1.94. The Bertz CT molecular complexity index is 940. The van der Waals surface area contributed by atoms with E-state index in [4.69, 9.17) is 0 Å². The van der Waals surface area contributed by atoms with Gasteiger partial charge in [-0.05, 0) is 19.9 Å². The van der Waals surface area contributed by atoms with Crippen LogP contribution in [0.2, 0.25) is 0 Å². The predicted octanol–water partition coefficient (Wildman–Crippen LogP) is 3.69. The SMILES string of the molecule is CC(F)c1nnc2cnc(-c3cnc(O[C@H](C)C(F)(F)F)c(F)c3)cn12. The number of nitrogens with zero attached hydrogens (tertiary/aromatic N) is 5. The quantitative estimate of drug-likeness (QED) is 0.653. The monoisotopic (exact) mass is 373 g/mol. The van der Waals surface area contributed by atoms with Crippen LogP contribution in [0.15, 0.2) is 24.7 Å². The van der Waals surface area contributed by atoms with Crippen LogP contribution in [0.1, 0.15) is 25.8 Å². The first-order valence-electron chi connectivity index (χ1n) is 7.41. The molecule has 0 radical (unpaired) electrons. The van der Waals surface area contributed by atoms with Crippen molar-refractivity contribution >= 4 is 5.65 Å². The number of rotatable bonds is 4. The van der Waals surface area contributed by atoms with E-state index < -0.39 is 30.1 Å². The van der Waals surface area contributed by atoms with Crippen molar-refractivity contribution in [3.8, 4) is 17.1 Å². The molecule has 0 saturated heterocycles. The lowest BCUT2D eigenvalue weighted by Crippen LogP contribution is -2.31. The van der Waals surface area contributed by atoms with Crippen molar-refractivity contribution in [2.75, 3.05) is 0 Å². The summed E-state index contributed by atoms with van der Waals surface area (Å²) in [7, 11) is 0. The van der Waals surface area contributed by atoms with Crippen LogP contribution in [0.4, 0.5) is 22.0 Å². The van der Waals surface area contributed by atoms with Gasteiger partial charge in [0.25, 0.3) is 5.88 Å². The van der Waals surface area contributed by atoms with E-state index in [2.05, 4.69) is 24.9 Å². The fourth-order valence-electron chi connectivity index (χ4n) is 2.13. The number of hydrogen-bond donors (Lipinski definition) is 0. The van der Waals surface area contributed by atoms with E-state index in [1.165, 1.54) is 23.7 Å². The summed E-state index contributed by atoms with van der Waals surface area (Å²) >= 11 is 0. The van der Waals surface area contributed by atoms with Gasteiger partial charge in [-0.3, -0.25) is 9.38 Å². The van der Waals surface area contributed by atoms with Crippen LogP contribution in [0.3, 0.4) is 0 Å². The molecule has 0 spiro atoms. The minimum Gasteiger partial charge on any atom is -0.463 e. The van der Waals surface area contributed by atoms with E-state index in [1.807, 2.05) is 0 Å². The molecule has 138 valence electrons. The average Bonchev–Trinajstić information content (AvgIpc) is 2.99. The van der Waals surface area contributed by atoms with Gasteiger partial charge in [-0.2, -0.15) is 13.2 Å². The highest BCUT2D eigenvalue weighted by Gasteiger charge is 2.38. The summed E-state index contributed by atoms with van der Waals surface area (Å²) in [4.78, 5) is 7.63. The molecule has 0 amide bonds. The summed E-state index contributed by atoms with van der Waals surface area (Å²) in [6.07, 6.45) is -4.45. The van der Waals surface area contributed by atoms with Gasteiger partial charge >= 0.3 is 6.18 Å². The summed E-state index contributed by atoms with van der Waals surface area (Å²) in [6, 6.07) is 0.933. The molecule has 0 fully saturated rings. The summed E-state index contributed by atoms with van der Waals surface area (Å²) < 4.78 is 71.0. The fourth-order valence-corrected chi connectivity index (χ4v) is 2.13. The van der Waals surface area contributed by atoms with Crippen molar-refractivity contribution in [3.63, 3.8) is 0 Å². The van der Waals surface area contributed by atoms with Crippen molar-refractivity contribution in [1.82, 2.24) is 24.6 Å². The second-order valence-corrected chi connectivity index (χ2v) is 5.49. The molecule has 0 aromatic carbocycles. The molecule has 0 aliphatic carbocycles. The predicted molar refractivity (Wildman–Crippen MR) is 79.6 cm³/mol. The van der Waals surface area contributed by atoms with E-state index in [0.717, 1.165) is 19.2 Å². The van der Waals surface area contributed by atoms with Gasteiger partial charge in [0.1, 0.15) is 0 Å². The number of alkyl halides is 4. The zero-order valence-electron chi connectivity index (χ0n) is 13.5. The summed E-state index contributed by atoms with van der Waals surface area (Å²) in [6.45, 7) is 2.03. The van der Waals surface area contributed by atoms with Gasteiger partial charge in [0.15, 0.2) is 29.6 Å². The van der Waals surface area contributed by atoms with Gasteiger partial charge in [0, 0.05) is 18.0 Å². The van der Waals surface area contributed by atoms with Crippen LogP contribution < -0.4 is 4.74 Å². The molecule has 11 heteroatoms. The van der Waals surface area contributed by atoms with Crippen molar-refractivity contribution in [1.29, 1.82) is 0 Å². The zero-order valence-corrected chi connectivity index (χ0v) is 13.5. The Morgan fingerprint density at radius 1 is 1.12 bits per heavy atom. The Hall–Kier alpha value is -2.85. The molecule has 3 heterocycles. The third kappa shape index (κ3) is 3.41. The molecule has 0 saturated carbocycles. The third-order valence-corrected chi connectivity index (χ3v) is 3.53. The fraction of sp³-hybridized carbons (Fsp3) is 0.333. The maximum atomic E-state index is 14.1. The second-order valence-electron chi connectivity index (χ2n) is 5.49. The topological polar surface area (TPSA) is 65.2 Å². The first kappa shape index (κ1) is 18.0. The molecule has 26 heavy (non-hydrogen) atoms. The van der Waals surface area contributed by atoms with Crippen molar-refractivity contribution < 1.29 is 26.7 Å². The highest BCUT2D eigenvalue weighted by atomic mass is 19.4. The molecule has 3 rings (SSSR count). The zero-order chi connectivity index (χ0) is 19.1. The van der Waals surface area contributed by atoms with Crippen LogP contribution in [-0.2, 0) is 0 Å².